The van der Waals surface area contributed by atoms with Gasteiger partial charge in [-0.2, -0.15) is 0 Å². The maximum atomic E-state index is 11.3. The Bertz CT molecular complexity index is 403. The van der Waals surface area contributed by atoms with Crippen molar-refractivity contribution in [3.05, 3.63) is 35.8 Å². The van der Waals surface area contributed by atoms with Crippen molar-refractivity contribution < 1.29 is 14.0 Å². The third-order valence-corrected chi connectivity index (χ3v) is 1.88. The summed E-state index contributed by atoms with van der Waals surface area (Å²) in [5.74, 6) is 0.157. The third kappa shape index (κ3) is 5.55. The first kappa shape index (κ1) is 13.0. The number of nitrogens with one attached hydrogen (secondary N) is 2. The monoisotopic (exact) mass is 236 g/mol. The van der Waals surface area contributed by atoms with Gasteiger partial charge in [-0.25, -0.2) is 0 Å². The van der Waals surface area contributed by atoms with E-state index in [1.807, 2.05) is 13.8 Å². The Morgan fingerprint density at radius 3 is 2.71 bits per heavy atom. The molecule has 0 bridgehead atoms. The Morgan fingerprint density at radius 2 is 2.12 bits per heavy atom. The van der Waals surface area contributed by atoms with Gasteiger partial charge in [0.05, 0.1) is 19.4 Å². The van der Waals surface area contributed by atoms with Gasteiger partial charge in [-0.1, -0.05) is 5.57 Å². The first-order valence-electron chi connectivity index (χ1n) is 5.29. The summed E-state index contributed by atoms with van der Waals surface area (Å²) in [6, 6.07) is 3.51. The lowest BCUT2D eigenvalue weighted by atomic mass is 10.3. The van der Waals surface area contributed by atoms with Crippen LogP contribution in [0, 0.1) is 0 Å². The zero-order valence-corrected chi connectivity index (χ0v) is 9.95. The van der Waals surface area contributed by atoms with Gasteiger partial charge in [0, 0.05) is 6.08 Å². The molecule has 0 aliphatic heterocycles. The van der Waals surface area contributed by atoms with Crippen LogP contribution in [0.5, 0.6) is 0 Å². The zero-order chi connectivity index (χ0) is 12.7. The van der Waals surface area contributed by atoms with Crippen LogP contribution in [0.3, 0.4) is 0 Å². The van der Waals surface area contributed by atoms with Crippen molar-refractivity contribution in [1.82, 2.24) is 10.6 Å². The molecule has 1 aromatic rings. The summed E-state index contributed by atoms with van der Waals surface area (Å²) < 4.78 is 5.05. The molecule has 0 radical (unpaired) electrons. The van der Waals surface area contributed by atoms with Gasteiger partial charge in [-0.3, -0.25) is 9.59 Å². The van der Waals surface area contributed by atoms with Crippen molar-refractivity contribution in [2.45, 2.75) is 20.4 Å². The van der Waals surface area contributed by atoms with Crippen LogP contribution in [0.2, 0.25) is 0 Å². The molecular weight excluding hydrogens is 220 g/mol. The van der Waals surface area contributed by atoms with E-state index in [1.165, 1.54) is 12.3 Å². The second kappa shape index (κ2) is 6.52. The number of amides is 2. The van der Waals surface area contributed by atoms with Crippen LogP contribution in [-0.4, -0.2) is 18.4 Å². The molecule has 0 aliphatic rings. The van der Waals surface area contributed by atoms with Gasteiger partial charge in [-0.15, -0.1) is 0 Å². The van der Waals surface area contributed by atoms with Crippen LogP contribution in [0.15, 0.2) is 34.5 Å². The molecule has 0 spiro atoms. The molecule has 0 atom stereocenters. The maximum Gasteiger partial charge on any atom is 0.244 e. The minimum atomic E-state index is -0.266. The van der Waals surface area contributed by atoms with Crippen molar-refractivity contribution in [1.29, 1.82) is 0 Å². The number of allylic oxidation sites excluding steroid dienone is 1. The lowest BCUT2D eigenvalue weighted by Gasteiger charge is -2.04. The highest BCUT2D eigenvalue weighted by Gasteiger charge is 2.04. The van der Waals surface area contributed by atoms with Crippen LogP contribution in [0.4, 0.5) is 0 Å². The van der Waals surface area contributed by atoms with Gasteiger partial charge >= 0.3 is 0 Å². The SMILES string of the molecule is CC(C)=CC(=O)NCC(=O)NCc1ccco1. The lowest BCUT2D eigenvalue weighted by Crippen LogP contribution is -2.35. The second-order valence-electron chi connectivity index (χ2n) is 3.80. The molecule has 0 saturated carbocycles. The minimum absolute atomic E-state index is 0.0384. The predicted molar refractivity (Wildman–Crippen MR) is 63.0 cm³/mol. The molecule has 92 valence electrons. The quantitative estimate of drug-likeness (QED) is 0.748. The molecule has 0 fully saturated rings. The van der Waals surface area contributed by atoms with E-state index < -0.39 is 0 Å². The van der Waals surface area contributed by atoms with Gasteiger partial charge in [0.15, 0.2) is 0 Å². The van der Waals surface area contributed by atoms with Crippen LogP contribution >= 0.6 is 0 Å². The standard InChI is InChI=1S/C12H16N2O3/c1-9(2)6-11(15)14-8-12(16)13-7-10-4-3-5-17-10/h3-6H,7-8H2,1-2H3,(H,13,16)(H,14,15). The Labute approximate surface area is 99.9 Å². The summed E-state index contributed by atoms with van der Waals surface area (Å²) in [6.07, 6.45) is 2.98. The fourth-order valence-electron chi connectivity index (χ4n) is 1.14. The van der Waals surface area contributed by atoms with Gasteiger partial charge in [-0.05, 0) is 26.0 Å². The van der Waals surface area contributed by atoms with Crippen LogP contribution in [0.1, 0.15) is 19.6 Å². The topological polar surface area (TPSA) is 71.3 Å². The summed E-state index contributed by atoms with van der Waals surface area (Å²) in [5.41, 5.74) is 0.887. The van der Waals surface area contributed by atoms with Crippen molar-refractivity contribution in [2.24, 2.45) is 0 Å². The van der Waals surface area contributed by atoms with E-state index in [-0.39, 0.29) is 18.4 Å². The molecule has 0 aromatic carbocycles. The van der Waals surface area contributed by atoms with Gasteiger partial charge in [0.2, 0.25) is 11.8 Å². The highest BCUT2D eigenvalue weighted by atomic mass is 16.3. The highest BCUT2D eigenvalue weighted by Crippen LogP contribution is 1.97. The second-order valence-corrected chi connectivity index (χ2v) is 3.80. The van der Waals surface area contributed by atoms with E-state index in [1.54, 1.807) is 12.1 Å². The van der Waals surface area contributed by atoms with Crippen LogP contribution in [-0.2, 0) is 16.1 Å². The number of rotatable bonds is 5. The van der Waals surface area contributed by atoms with Crippen molar-refractivity contribution in [2.75, 3.05) is 6.54 Å². The summed E-state index contributed by atoms with van der Waals surface area (Å²) in [6.45, 7) is 3.92. The average molecular weight is 236 g/mol. The van der Waals surface area contributed by atoms with E-state index in [4.69, 9.17) is 4.42 Å². The Morgan fingerprint density at radius 1 is 1.35 bits per heavy atom. The number of carbonyl (C=O) groups excluding carboxylic acids is 2. The van der Waals surface area contributed by atoms with Crippen molar-refractivity contribution in [3.8, 4) is 0 Å². The van der Waals surface area contributed by atoms with E-state index in [2.05, 4.69) is 10.6 Å². The first-order chi connectivity index (χ1) is 8.08. The predicted octanol–water partition coefficient (Wildman–Crippen LogP) is 0.978. The van der Waals surface area contributed by atoms with Gasteiger partial charge < -0.3 is 15.1 Å². The van der Waals surface area contributed by atoms with Crippen molar-refractivity contribution in [3.63, 3.8) is 0 Å². The first-order valence-corrected chi connectivity index (χ1v) is 5.29. The fraction of sp³-hybridized carbons (Fsp3) is 0.333. The van der Waals surface area contributed by atoms with Crippen LogP contribution in [0.25, 0.3) is 0 Å². The molecule has 5 heteroatoms. The lowest BCUT2D eigenvalue weighted by molar-refractivity contribution is -0.124. The van der Waals surface area contributed by atoms with Gasteiger partial charge in [0.25, 0.3) is 0 Å². The van der Waals surface area contributed by atoms with E-state index >= 15 is 0 Å². The molecule has 1 rings (SSSR count). The highest BCUT2D eigenvalue weighted by molar-refractivity contribution is 5.91. The molecule has 5 nitrogen and oxygen atoms in total. The number of furan rings is 1. The number of carbonyl (C=O) groups is 2. The van der Waals surface area contributed by atoms with E-state index in [0.29, 0.717) is 12.3 Å². The fourth-order valence-corrected chi connectivity index (χ4v) is 1.14. The Kier molecular flexibility index (Phi) is 5.00. The number of hydrogen-bond acceptors (Lipinski definition) is 3. The van der Waals surface area contributed by atoms with E-state index in [0.717, 1.165) is 5.57 Å². The normalized spacial score (nSPS) is 9.53. The maximum absolute atomic E-state index is 11.3. The number of hydrogen-bond donors (Lipinski definition) is 2. The molecule has 2 amide bonds. The molecule has 1 aromatic heterocycles. The Balaban J connectivity index is 2.22. The summed E-state index contributed by atoms with van der Waals surface area (Å²) >= 11 is 0. The zero-order valence-electron chi connectivity index (χ0n) is 9.95. The molecule has 1 heterocycles. The minimum Gasteiger partial charge on any atom is -0.467 e. The smallest absolute Gasteiger partial charge is 0.244 e. The Hall–Kier alpha value is -2.04. The average Bonchev–Trinajstić information content (AvgIpc) is 2.75. The summed E-state index contributed by atoms with van der Waals surface area (Å²) in [7, 11) is 0. The summed E-state index contributed by atoms with van der Waals surface area (Å²) in [5, 5.41) is 5.11. The molecule has 0 unspecified atom stereocenters. The molecule has 0 aliphatic carbocycles. The largest absolute Gasteiger partial charge is 0.467 e. The molecule has 2 N–H and O–H groups in total. The summed E-state index contributed by atoms with van der Waals surface area (Å²) in [4.78, 5) is 22.5. The third-order valence-electron chi connectivity index (χ3n) is 1.88. The van der Waals surface area contributed by atoms with Crippen LogP contribution < -0.4 is 10.6 Å². The van der Waals surface area contributed by atoms with Crippen molar-refractivity contribution >= 4 is 11.8 Å². The molecular formula is C12H16N2O3. The molecule has 17 heavy (non-hydrogen) atoms. The molecule has 0 saturated heterocycles. The van der Waals surface area contributed by atoms with E-state index in [9.17, 15) is 9.59 Å². The van der Waals surface area contributed by atoms with Gasteiger partial charge in [0.1, 0.15) is 5.76 Å².